The molecule has 0 saturated carbocycles. The van der Waals surface area contributed by atoms with Crippen LogP contribution in [0, 0.1) is 20.2 Å². The molecule has 2 rings (SSSR count). The minimum atomic E-state index is -0.795. The number of anilines is 1. The monoisotopic (exact) mass is 477 g/mol. The number of nitrogens with zero attached hydrogens (tertiary/aromatic N) is 3. The molecule has 2 aromatic carbocycles. The molecular formula is C18H16BrN5O6. The molecule has 156 valence electrons. The number of amides is 2. The van der Waals surface area contributed by atoms with E-state index >= 15 is 0 Å². The first-order valence-corrected chi connectivity index (χ1v) is 9.24. The van der Waals surface area contributed by atoms with Gasteiger partial charge in [0.25, 0.3) is 11.4 Å². The molecule has 0 fully saturated rings. The number of carbonyl (C=O) groups is 2. The fourth-order valence-electron chi connectivity index (χ4n) is 2.40. The van der Waals surface area contributed by atoms with E-state index in [-0.39, 0.29) is 17.9 Å². The number of nitro groups is 2. The fraction of sp³-hybridized carbons (Fsp3) is 0.167. The summed E-state index contributed by atoms with van der Waals surface area (Å²) < 4.78 is 0.804. The van der Waals surface area contributed by atoms with Gasteiger partial charge in [0.2, 0.25) is 11.8 Å². The molecule has 30 heavy (non-hydrogen) atoms. The average molecular weight is 478 g/mol. The molecule has 12 heteroatoms. The van der Waals surface area contributed by atoms with Gasteiger partial charge in [0.1, 0.15) is 0 Å². The maximum atomic E-state index is 12.0. The van der Waals surface area contributed by atoms with Crippen LogP contribution in [0.1, 0.15) is 18.9 Å². The highest BCUT2D eigenvalue weighted by molar-refractivity contribution is 9.10. The van der Waals surface area contributed by atoms with Crippen molar-refractivity contribution >= 4 is 50.5 Å². The van der Waals surface area contributed by atoms with Crippen LogP contribution in [0.15, 0.2) is 52.0 Å². The van der Waals surface area contributed by atoms with Crippen molar-refractivity contribution in [3.8, 4) is 0 Å². The van der Waals surface area contributed by atoms with Crippen molar-refractivity contribution in [3.05, 3.63) is 72.7 Å². The van der Waals surface area contributed by atoms with Gasteiger partial charge < -0.3 is 5.32 Å². The van der Waals surface area contributed by atoms with E-state index in [2.05, 4.69) is 31.8 Å². The Morgan fingerprint density at radius 1 is 1.07 bits per heavy atom. The molecule has 0 bridgehead atoms. The Bertz CT molecular complexity index is 1040. The van der Waals surface area contributed by atoms with Crippen LogP contribution in [0.25, 0.3) is 0 Å². The van der Waals surface area contributed by atoms with Crippen molar-refractivity contribution in [3.63, 3.8) is 0 Å². The second-order valence-electron chi connectivity index (χ2n) is 6.12. The van der Waals surface area contributed by atoms with Crippen molar-refractivity contribution in [1.29, 1.82) is 0 Å². The van der Waals surface area contributed by atoms with Gasteiger partial charge >= 0.3 is 0 Å². The molecule has 0 unspecified atom stereocenters. The third kappa shape index (κ3) is 6.74. The van der Waals surface area contributed by atoms with Crippen molar-refractivity contribution in [2.75, 3.05) is 5.32 Å². The van der Waals surface area contributed by atoms with E-state index in [1.807, 2.05) is 6.07 Å². The van der Waals surface area contributed by atoms with Crippen molar-refractivity contribution in [1.82, 2.24) is 5.43 Å². The molecule has 0 atom stereocenters. The van der Waals surface area contributed by atoms with Gasteiger partial charge in [-0.2, -0.15) is 5.10 Å². The molecular weight excluding hydrogens is 462 g/mol. The van der Waals surface area contributed by atoms with Crippen molar-refractivity contribution in [2.45, 2.75) is 19.8 Å². The molecule has 0 heterocycles. The zero-order chi connectivity index (χ0) is 22.3. The Hall–Kier alpha value is -3.67. The van der Waals surface area contributed by atoms with Crippen molar-refractivity contribution in [2.24, 2.45) is 5.10 Å². The van der Waals surface area contributed by atoms with Gasteiger partial charge in [0.15, 0.2) is 0 Å². The molecule has 0 aliphatic carbocycles. The quantitative estimate of drug-likeness (QED) is 0.337. The van der Waals surface area contributed by atoms with Crippen LogP contribution in [0.5, 0.6) is 0 Å². The first-order valence-electron chi connectivity index (χ1n) is 8.45. The smallest absolute Gasteiger partial charge is 0.279 e. The number of nitrogens with one attached hydrogen (secondary N) is 2. The number of benzene rings is 2. The summed E-state index contributed by atoms with van der Waals surface area (Å²) in [6.45, 7) is 1.54. The summed E-state index contributed by atoms with van der Waals surface area (Å²) >= 11 is 3.30. The summed E-state index contributed by atoms with van der Waals surface area (Å²) in [6.07, 6.45) is -0.486. The van der Waals surface area contributed by atoms with E-state index in [0.29, 0.717) is 11.4 Å². The highest BCUT2D eigenvalue weighted by Crippen LogP contribution is 2.25. The lowest BCUT2D eigenvalue weighted by Gasteiger charge is -2.06. The van der Waals surface area contributed by atoms with E-state index < -0.39 is 33.5 Å². The Morgan fingerprint density at radius 2 is 1.80 bits per heavy atom. The van der Waals surface area contributed by atoms with E-state index in [0.717, 1.165) is 22.7 Å². The van der Waals surface area contributed by atoms with Gasteiger partial charge in [-0.3, -0.25) is 29.8 Å². The standard InChI is InChI=1S/C18H16BrN5O6/c1-11(7-17(25)20-14-4-2-3-13(19)9-14)21-22-18(26)8-12-5-6-15(23(27)28)10-16(12)24(29)30/h2-6,9-10H,7-8H2,1H3,(H,20,25)(H,22,26)/b21-11+. The number of hydrogen-bond acceptors (Lipinski definition) is 7. The normalized spacial score (nSPS) is 10.9. The zero-order valence-electron chi connectivity index (χ0n) is 15.6. The van der Waals surface area contributed by atoms with Crippen LogP contribution < -0.4 is 10.7 Å². The molecule has 0 saturated heterocycles. The predicted octanol–water partition coefficient (Wildman–Crippen LogP) is 3.33. The Labute approximate surface area is 178 Å². The molecule has 2 amide bonds. The van der Waals surface area contributed by atoms with Gasteiger partial charge in [0.05, 0.1) is 28.8 Å². The van der Waals surface area contributed by atoms with Crippen LogP contribution in [-0.4, -0.2) is 27.4 Å². The predicted molar refractivity (Wildman–Crippen MR) is 112 cm³/mol. The molecule has 0 aliphatic heterocycles. The second-order valence-corrected chi connectivity index (χ2v) is 7.04. The number of rotatable bonds is 8. The lowest BCUT2D eigenvalue weighted by molar-refractivity contribution is -0.394. The van der Waals surface area contributed by atoms with Gasteiger partial charge in [-0.25, -0.2) is 5.43 Å². The lowest BCUT2D eigenvalue weighted by atomic mass is 10.1. The summed E-state index contributed by atoms with van der Waals surface area (Å²) in [5.74, 6) is -1.01. The Balaban J connectivity index is 1.96. The maximum Gasteiger partial charge on any atom is 0.279 e. The number of hydrogen-bond donors (Lipinski definition) is 2. The first-order chi connectivity index (χ1) is 14.2. The molecule has 0 radical (unpaired) electrons. The van der Waals surface area contributed by atoms with Crippen LogP contribution >= 0.6 is 15.9 Å². The third-order valence-corrected chi connectivity index (χ3v) is 4.22. The molecule has 2 N–H and O–H groups in total. The number of nitro benzene ring substituents is 2. The number of carbonyl (C=O) groups excluding carboxylic acids is 2. The Morgan fingerprint density at radius 3 is 2.43 bits per heavy atom. The van der Waals surface area contributed by atoms with Crippen molar-refractivity contribution < 1.29 is 19.4 Å². The highest BCUT2D eigenvalue weighted by atomic mass is 79.9. The van der Waals surface area contributed by atoms with E-state index in [1.165, 1.54) is 6.92 Å². The molecule has 11 nitrogen and oxygen atoms in total. The summed E-state index contributed by atoms with van der Waals surface area (Å²) in [5, 5.41) is 28.4. The van der Waals surface area contributed by atoms with E-state index in [9.17, 15) is 29.8 Å². The van der Waals surface area contributed by atoms with Gasteiger partial charge in [-0.1, -0.05) is 22.0 Å². The van der Waals surface area contributed by atoms with Gasteiger partial charge in [-0.05, 0) is 31.2 Å². The minimum Gasteiger partial charge on any atom is -0.326 e. The third-order valence-electron chi connectivity index (χ3n) is 3.72. The number of non-ortho nitro benzene ring substituents is 1. The molecule has 0 aliphatic rings. The summed E-state index contributed by atoms with van der Waals surface area (Å²) in [5.41, 5.74) is 2.15. The second kappa shape index (κ2) is 10.2. The SMILES string of the molecule is C/C(CC(=O)Nc1cccc(Br)c1)=N\NC(=O)Cc1ccc([N+](=O)[O-])cc1[N+](=O)[O-]. The number of halogens is 1. The molecule has 0 spiro atoms. The van der Waals surface area contributed by atoms with E-state index in [1.54, 1.807) is 18.2 Å². The topological polar surface area (TPSA) is 157 Å². The maximum absolute atomic E-state index is 12.0. The summed E-state index contributed by atoms with van der Waals surface area (Å²) in [4.78, 5) is 44.4. The van der Waals surface area contributed by atoms with Gasteiger partial charge in [-0.15, -0.1) is 0 Å². The largest absolute Gasteiger partial charge is 0.326 e. The lowest BCUT2D eigenvalue weighted by Crippen LogP contribution is -2.23. The van der Waals surface area contributed by atoms with E-state index in [4.69, 9.17) is 0 Å². The van der Waals surface area contributed by atoms with Crippen LogP contribution in [0.2, 0.25) is 0 Å². The first kappa shape index (κ1) is 22.6. The van der Waals surface area contributed by atoms with Crippen LogP contribution in [0.4, 0.5) is 17.1 Å². The molecule has 2 aromatic rings. The average Bonchev–Trinajstić information content (AvgIpc) is 2.66. The van der Waals surface area contributed by atoms with Gasteiger partial charge in [0, 0.05) is 27.5 Å². The summed E-state index contributed by atoms with van der Waals surface area (Å²) in [7, 11) is 0. The zero-order valence-corrected chi connectivity index (χ0v) is 17.2. The number of hydrazone groups is 1. The minimum absolute atomic E-state index is 0.00310. The fourth-order valence-corrected chi connectivity index (χ4v) is 2.80. The highest BCUT2D eigenvalue weighted by Gasteiger charge is 2.21. The molecule has 0 aromatic heterocycles. The Kier molecular flexibility index (Phi) is 7.69. The van der Waals surface area contributed by atoms with Crippen LogP contribution in [-0.2, 0) is 16.0 Å². The van der Waals surface area contributed by atoms with Crippen LogP contribution in [0.3, 0.4) is 0 Å². The summed E-state index contributed by atoms with van der Waals surface area (Å²) in [6, 6.07) is 10.0.